The van der Waals surface area contributed by atoms with Crippen LogP contribution in [0.1, 0.15) is 32.1 Å². The number of hydrogen-bond acceptors (Lipinski definition) is 4. The quantitative estimate of drug-likeness (QED) is 0.793. The summed E-state index contributed by atoms with van der Waals surface area (Å²) in [6.07, 6.45) is 0.870. The van der Waals surface area contributed by atoms with Crippen molar-refractivity contribution in [2.75, 3.05) is 20.3 Å². The summed E-state index contributed by atoms with van der Waals surface area (Å²) in [7, 11) is 1.68. The number of hydrogen-bond donors (Lipinski definition) is 1. The van der Waals surface area contributed by atoms with Gasteiger partial charge in [0.15, 0.2) is 0 Å². The van der Waals surface area contributed by atoms with E-state index in [9.17, 15) is 4.79 Å². The van der Waals surface area contributed by atoms with Crippen LogP contribution in [0.5, 0.6) is 0 Å². The molecule has 0 fully saturated rings. The molecular weight excluding hydrogens is 266 g/mol. The molecule has 0 aliphatic rings. The zero-order valence-corrected chi connectivity index (χ0v) is 12.9. The molecule has 5 heteroatoms. The van der Waals surface area contributed by atoms with E-state index in [1.807, 2.05) is 31.2 Å². The molecule has 2 aromatic rings. The van der Waals surface area contributed by atoms with Gasteiger partial charge >= 0.3 is 0 Å². The number of benzene rings is 1. The summed E-state index contributed by atoms with van der Waals surface area (Å²) in [5, 5.41) is 4.08. The van der Waals surface area contributed by atoms with E-state index < -0.39 is 0 Å². The minimum Gasteiger partial charge on any atom is -0.383 e. The van der Waals surface area contributed by atoms with Crippen molar-refractivity contribution in [2.45, 2.75) is 32.9 Å². The SMILES string of the molecule is CC[C@@H](NCCOC)c1nc2ccccc2c(=O)n1CC. The average molecular weight is 289 g/mol. The fourth-order valence-corrected chi connectivity index (χ4v) is 2.51. The lowest BCUT2D eigenvalue weighted by Gasteiger charge is -2.20. The van der Waals surface area contributed by atoms with Crippen molar-refractivity contribution in [3.63, 3.8) is 0 Å². The first-order valence-electron chi connectivity index (χ1n) is 7.44. The monoisotopic (exact) mass is 289 g/mol. The number of rotatable bonds is 7. The van der Waals surface area contributed by atoms with Gasteiger partial charge in [0.25, 0.3) is 5.56 Å². The molecular formula is C16H23N3O2. The Balaban J connectivity index is 2.48. The van der Waals surface area contributed by atoms with Gasteiger partial charge in [-0.1, -0.05) is 19.1 Å². The molecule has 2 rings (SSSR count). The molecule has 0 amide bonds. The molecule has 0 aliphatic heterocycles. The van der Waals surface area contributed by atoms with Crippen molar-refractivity contribution in [3.05, 3.63) is 40.4 Å². The van der Waals surface area contributed by atoms with Crippen LogP contribution in [0.4, 0.5) is 0 Å². The van der Waals surface area contributed by atoms with Crippen LogP contribution >= 0.6 is 0 Å². The first kappa shape index (κ1) is 15.7. The second-order valence-corrected chi connectivity index (χ2v) is 4.94. The summed E-state index contributed by atoms with van der Waals surface area (Å²) >= 11 is 0. The molecule has 21 heavy (non-hydrogen) atoms. The fourth-order valence-electron chi connectivity index (χ4n) is 2.51. The van der Waals surface area contributed by atoms with Crippen LogP contribution in [-0.2, 0) is 11.3 Å². The van der Waals surface area contributed by atoms with E-state index in [4.69, 9.17) is 9.72 Å². The Hall–Kier alpha value is -1.72. The van der Waals surface area contributed by atoms with E-state index in [0.717, 1.165) is 24.3 Å². The molecule has 1 atom stereocenters. The van der Waals surface area contributed by atoms with Gasteiger partial charge in [-0.15, -0.1) is 0 Å². The Morgan fingerprint density at radius 1 is 1.33 bits per heavy atom. The highest BCUT2D eigenvalue weighted by molar-refractivity contribution is 5.77. The predicted molar refractivity (Wildman–Crippen MR) is 84.6 cm³/mol. The molecule has 0 spiro atoms. The van der Waals surface area contributed by atoms with Gasteiger partial charge < -0.3 is 10.1 Å². The number of aromatic nitrogens is 2. The zero-order chi connectivity index (χ0) is 15.2. The third-order valence-electron chi connectivity index (χ3n) is 3.62. The average Bonchev–Trinajstić information content (AvgIpc) is 2.52. The van der Waals surface area contributed by atoms with Crippen LogP contribution in [-0.4, -0.2) is 29.8 Å². The van der Waals surface area contributed by atoms with Crippen molar-refractivity contribution in [1.29, 1.82) is 0 Å². The van der Waals surface area contributed by atoms with Crippen molar-refractivity contribution in [3.8, 4) is 0 Å². The lowest BCUT2D eigenvalue weighted by atomic mass is 10.1. The summed E-state index contributed by atoms with van der Waals surface area (Å²) in [6, 6.07) is 7.56. The minimum absolute atomic E-state index is 0.0325. The molecule has 0 radical (unpaired) electrons. The molecule has 0 unspecified atom stereocenters. The second kappa shape index (κ2) is 7.33. The van der Waals surface area contributed by atoms with E-state index in [-0.39, 0.29) is 11.6 Å². The largest absolute Gasteiger partial charge is 0.383 e. The van der Waals surface area contributed by atoms with Crippen molar-refractivity contribution in [1.82, 2.24) is 14.9 Å². The molecule has 1 heterocycles. The first-order valence-corrected chi connectivity index (χ1v) is 7.44. The predicted octanol–water partition coefficient (Wildman–Crippen LogP) is 2.10. The van der Waals surface area contributed by atoms with E-state index in [1.54, 1.807) is 11.7 Å². The van der Waals surface area contributed by atoms with Gasteiger partial charge in [-0.05, 0) is 25.5 Å². The third kappa shape index (κ3) is 3.31. The molecule has 1 N–H and O–H groups in total. The summed E-state index contributed by atoms with van der Waals surface area (Å²) in [5.41, 5.74) is 0.791. The van der Waals surface area contributed by atoms with Crippen LogP contribution in [0.3, 0.4) is 0 Å². The van der Waals surface area contributed by atoms with Crippen LogP contribution in [0, 0.1) is 0 Å². The topological polar surface area (TPSA) is 56.1 Å². The standard InChI is InChI=1S/C16H23N3O2/c1-4-13(17-10-11-21-3)15-18-14-9-7-6-8-12(14)16(20)19(15)5-2/h6-9,13,17H,4-5,10-11H2,1-3H3/t13-/m1/s1. The van der Waals surface area contributed by atoms with Gasteiger partial charge in [-0.25, -0.2) is 4.98 Å². The number of fused-ring (bicyclic) bond motifs is 1. The Bertz CT molecular complexity index is 652. The Kier molecular flexibility index (Phi) is 5.47. The maximum atomic E-state index is 12.6. The molecule has 0 bridgehead atoms. The molecule has 0 saturated carbocycles. The summed E-state index contributed by atoms with van der Waals surface area (Å²) in [6.45, 7) is 6.06. The van der Waals surface area contributed by atoms with Gasteiger partial charge in [0.1, 0.15) is 5.82 Å². The second-order valence-electron chi connectivity index (χ2n) is 4.94. The molecule has 0 aliphatic carbocycles. The van der Waals surface area contributed by atoms with Crippen LogP contribution in [0.15, 0.2) is 29.1 Å². The maximum Gasteiger partial charge on any atom is 0.261 e. The van der Waals surface area contributed by atoms with Crippen molar-refractivity contribution < 1.29 is 4.74 Å². The number of ether oxygens (including phenoxy) is 1. The smallest absolute Gasteiger partial charge is 0.261 e. The lowest BCUT2D eigenvalue weighted by Crippen LogP contribution is -2.33. The maximum absolute atomic E-state index is 12.6. The zero-order valence-electron chi connectivity index (χ0n) is 12.9. The van der Waals surface area contributed by atoms with E-state index in [1.165, 1.54) is 0 Å². The first-order chi connectivity index (χ1) is 10.2. The van der Waals surface area contributed by atoms with Crippen LogP contribution in [0.2, 0.25) is 0 Å². The molecule has 114 valence electrons. The number of para-hydroxylation sites is 1. The van der Waals surface area contributed by atoms with Crippen LogP contribution < -0.4 is 10.9 Å². The number of methoxy groups -OCH3 is 1. The minimum atomic E-state index is 0.0325. The van der Waals surface area contributed by atoms with E-state index >= 15 is 0 Å². The molecule has 0 saturated heterocycles. The highest BCUT2D eigenvalue weighted by Crippen LogP contribution is 2.16. The summed E-state index contributed by atoms with van der Waals surface area (Å²) < 4.78 is 6.83. The summed E-state index contributed by atoms with van der Waals surface area (Å²) in [5.74, 6) is 0.805. The van der Waals surface area contributed by atoms with Gasteiger partial charge in [0, 0.05) is 20.2 Å². The molecule has 1 aromatic carbocycles. The van der Waals surface area contributed by atoms with Gasteiger partial charge in [0.2, 0.25) is 0 Å². The van der Waals surface area contributed by atoms with E-state index in [2.05, 4.69) is 12.2 Å². The summed E-state index contributed by atoms with van der Waals surface area (Å²) in [4.78, 5) is 17.3. The van der Waals surface area contributed by atoms with Gasteiger partial charge in [0.05, 0.1) is 23.6 Å². The highest BCUT2D eigenvalue weighted by atomic mass is 16.5. The molecule has 1 aromatic heterocycles. The van der Waals surface area contributed by atoms with Gasteiger partial charge in [-0.2, -0.15) is 0 Å². The fraction of sp³-hybridized carbons (Fsp3) is 0.500. The Morgan fingerprint density at radius 3 is 2.76 bits per heavy atom. The Labute approximate surface area is 125 Å². The number of nitrogens with one attached hydrogen (secondary N) is 1. The lowest BCUT2D eigenvalue weighted by molar-refractivity contribution is 0.194. The van der Waals surface area contributed by atoms with Crippen molar-refractivity contribution >= 4 is 10.9 Å². The number of nitrogens with zero attached hydrogens (tertiary/aromatic N) is 2. The van der Waals surface area contributed by atoms with Crippen molar-refractivity contribution in [2.24, 2.45) is 0 Å². The molecule has 5 nitrogen and oxygen atoms in total. The highest BCUT2D eigenvalue weighted by Gasteiger charge is 2.17. The van der Waals surface area contributed by atoms with E-state index in [0.29, 0.717) is 18.5 Å². The Morgan fingerprint density at radius 2 is 2.10 bits per heavy atom. The normalized spacial score (nSPS) is 12.7. The van der Waals surface area contributed by atoms with Crippen LogP contribution in [0.25, 0.3) is 10.9 Å². The third-order valence-corrected chi connectivity index (χ3v) is 3.62. The van der Waals surface area contributed by atoms with Gasteiger partial charge in [-0.3, -0.25) is 9.36 Å².